The largest absolute Gasteiger partial charge is 0.265 e. The number of thiazole rings is 1. The zero-order valence-corrected chi connectivity index (χ0v) is 7.79. The lowest BCUT2D eigenvalue weighted by atomic mass is 10.3. The summed E-state index contributed by atoms with van der Waals surface area (Å²) >= 11 is 1.62. The van der Waals surface area contributed by atoms with Gasteiger partial charge < -0.3 is 0 Å². The predicted molar refractivity (Wildman–Crippen MR) is 55.4 cm³/mol. The molecular formula is C10H8N2S. The van der Waals surface area contributed by atoms with E-state index in [1.54, 1.807) is 29.8 Å². The van der Waals surface area contributed by atoms with Gasteiger partial charge in [-0.25, -0.2) is 4.98 Å². The molecule has 0 spiro atoms. The van der Waals surface area contributed by atoms with Crippen LogP contribution in [0.25, 0.3) is 16.6 Å². The van der Waals surface area contributed by atoms with Crippen molar-refractivity contribution in [2.45, 2.75) is 0 Å². The molecule has 0 aliphatic rings. The molecule has 64 valence electrons. The van der Waals surface area contributed by atoms with E-state index in [1.165, 1.54) is 0 Å². The van der Waals surface area contributed by atoms with Crippen LogP contribution in [-0.4, -0.2) is 9.97 Å². The molecule has 0 fully saturated rings. The molecule has 0 aromatic carbocycles. The van der Waals surface area contributed by atoms with Gasteiger partial charge in [-0.3, -0.25) is 4.98 Å². The first-order valence-electron chi connectivity index (χ1n) is 3.88. The quantitative estimate of drug-likeness (QED) is 0.724. The minimum absolute atomic E-state index is 0.928. The molecule has 2 rings (SSSR count). The average molecular weight is 188 g/mol. The summed E-state index contributed by atoms with van der Waals surface area (Å²) in [5.74, 6) is 0. The molecule has 2 nitrogen and oxygen atoms in total. The van der Waals surface area contributed by atoms with Crippen molar-refractivity contribution in [3.8, 4) is 10.6 Å². The summed E-state index contributed by atoms with van der Waals surface area (Å²) in [4.78, 5) is 8.33. The second-order valence-electron chi connectivity index (χ2n) is 2.52. The molecule has 0 amide bonds. The van der Waals surface area contributed by atoms with Gasteiger partial charge in [-0.1, -0.05) is 6.58 Å². The average Bonchev–Trinajstić information content (AvgIpc) is 2.67. The molecule has 2 aromatic heterocycles. The van der Waals surface area contributed by atoms with Crippen molar-refractivity contribution >= 4 is 17.4 Å². The Bertz CT molecular complexity index is 406. The fourth-order valence-corrected chi connectivity index (χ4v) is 1.82. The van der Waals surface area contributed by atoms with Crippen LogP contribution >= 0.6 is 11.3 Å². The lowest BCUT2D eigenvalue weighted by molar-refractivity contribution is 1.31. The highest BCUT2D eigenvalue weighted by Gasteiger charge is 2.00. The predicted octanol–water partition coefficient (Wildman–Crippen LogP) is 2.85. The van der Waals surface area contributed by atoms with Crippen LogP contribution in [0.2, 0.25) is 0 Å². The van der Waals surface area contributed by atoms with Crippen LogP contribution in [0.15, 0.2) is 36.5 Å². The highest BCUT2D eigenvalue weighted by Crippen LogP contribution is 2.22. The van der Waals surface area contributed by atoms with E-state index in [0.29, 0.717) is 0 Å². The Morgan fingerprint density at radius 2 is 2.08 bits per heavy atom. The van der Waals surface area contributed by atoms with E-state index in [1.807, 2.05) is 17.5 Å². The molecule has 13 heavy (non-hydrogen) atoms. The molecule has 0 saturated heterocycles. The first kappa shape index (κ1) is 8.13. The summed E-state index contributed by atoms with van der Waals surface area (Å²) in [6.45, 7) is 3.67. The number of aromatic nitrogens is 2. The van der Waals surface area contributed by atoms with Crippen molar-refractivity contribution in [3.05, 3.63) is 42.2 Å². The SMILES string of the molecule is C=Cc1csc(-c2ccncc2)n1. The second-order valence-corrected chi connectivity index (χ2v) is 3.38. The summed E-state index contributed by atoms with van der Waals surface area (Å²) < 4.78 is 0. The van der Waals surface area contributed by atoms with Gasteiger partial charge in [0.2, 0.25) is 0 Å². The van der Waals surface area contributed by atoms with E-state index in [2.05, 4.69) is 16.5 Å². The van der Waals surface area contributed by atoms with Gasteiger partial charge in [-0.2, -0.15) is 0 Å². The van der Waals surface area contributed by atoms with Gasteiger partial charge in [-0.15, -0.1) is 11.3 Å². The van der Waals surface area contributed by atoms with Gasteiger partial charge in [-0.05, 0) is 18.2 Å². The lowest BCUT2D eigenvalue weighted by Gasteiger charge is -1.92. The second kappa shape index (κ2) is 3.49. The molecule has 0 aliphatic heterocycles. The Labute approximate surface area is 80.6 Å². The molecule has 0 bridgehead atoms. The van der Waals surface area contributed by atoms with Gasteiger partial charge in [0.25, 0.3) is 0 Å². The standard InChI is InChI=1S/C10H8N2S/c1-2-9-7-13-10(12-9)8-3-5-11-6-4-8/h2-7H,1H2. The Kier molecular flexibility index (Phi) is 2.19. The van der Waals surface area contributed by atoms with E-state index in [-0.39, 0.29) is 0 Å². The first-order chi connectivity index (χ1) is 6.40. The lowest BCUT2D eigenvalue weighted by Crippen LogP contribution is -1.76. The minimum Gasteiger partial charge on any atom is -0.265 e. The number of hydrogen-bond acceptors (Lipinski definition) is 3. The summed E-state index contributed by atoms with van der Waals surface area (Å²) in [5.41, 5.74) is 2.03. The van der Waals surface area contributed by atoms with E-state index in [9.17, 15) is 0 Å². The van der Waals surface area contributed by atoms with Gasteiger partial charge in [0, 0.05) is 23.3 Å². The van der Waals surface area contributed by atoms with Crippen molar-refractivity contribution in [2.24, 2.45) is 0 Å². The molecule has 2 heterocycles. The third-order valence-electron chi connectivity index (χ3n) is 1.66. The number of rotatable bonds is 2. The van der Waals surface area contributed by atoms with Crippen molar-refractivity contribution in [2.75, 3.05) is 0 Å². The third-order valence-corrected chi connectivity index (χ3v) is 2.57. The molecule has 0 N–H and O–H groups in total. The molecule has 3 heteroatoms. The van der Waals surface area contributed by atoms with E-state index >= 15 is 0 Å². The maximum Gasteiger partial charge on any atom is 0.124 e. The van der Waals surface area contributed by atoms with E-state index < -0.39 is 0 Å². The van der Waals surface area contributed by atoms with Gasteiger partial charge >= 0.3 is 0 Å². The van der Waals surface area contributed by atoms with E-state index in [4.69, 9.17) is 0 Å². The van der Waals surface area contributed by atoms with Crippen molar-refractivity contribution in [1.82, 2.24) is 9.97 Å². The van der Waals surface area contributed by atoms with Crippen LogP contribution in [0.5, 0.6) is 0 Å². The maximum atomic E-state index is 4.37. The summed E-state index contributed by atoms with van der Waals surface area (Å²) in [6.07, 6.45) is 5.29. The summed E-state index contributed by atoms with van der Waals surface area (Å²) in [5, 5.41) is 3.00. The van der Waals surface area contributed by atoms with Crippen LogP contribution in [0.4, 0.5) is 0 Å². The molecule has 0 saturated carbocycles. The number of hydrogen-bond donors (Lipinski definition) is 0. The molecule has 0 aliphatic carbocycles. The van der Waals surface area contributed by atoms with E-state index in [0.717, 1.165) is 16.3 Å². The van der Waals surface area contributed by atoms with Crippen LogP contribution < -0.4 is 0 Å². The van der Waals surface area contributed by atoms with Gasteiger partial charge in [0.05, 0.1) is 5.69 Å². The van der Waals surface area contributed by atoms with Crippen LogP contribution in [-0.2, 0) is 0 Å². The van der Waals surface area contributed by atoms with Crippen molar-refractivity contribution in [3.63, 3.8) is 0 Å². The van der Waals surface area contributed by atoms with Crippen molar-refractivity contribution < 1.29 is 0 Å². The van der Waals surface area contributed by atoms with Crippen LogP contribution in [0.3, 0.4) is 0 Å². The topological polar surface area (TPSA) is 25.8 Å². The number of nitrogens with zero attached hydrogens (tertiary/aromatic N) is 2. The normalized spacial score (nSPS) is 9.85. The van der Waals surface area contributed by atoms with Gasteiger partial charge in [0.15, 0.2) is 0 Å². The highest BCUT2D eigenvalue weighted by molar-refractivity contribution is 7.13. The molecule has 0 atom stereocenters. The number of pyridine rings is 1. The van der Waals surface area contributed by atoms with Gasteiger partial charge in [0.1, 0.15) is 5.01 Å². The maximum absolute atomic E-state index is 4.37. The van der Waals surface area contributed by atoms with Crippen LogP contribution in [0.1, 0.15) is 5.69 Å². The fourth-order valence-electron chi connectivity index (χ4n) is 1.01. The van der Waals surface area contributed by atoms with Crippen molar-refractivity contribution in [1.29, 1.82) is 0 Å². The minimum atomic E-state index is 0.928. The Balaban J connectivity index is 2.41. The zero-order chi connectivity index (χ0) is 9.10. The molecule has 2 aromatic rings. The zero-order valence-electron chi connectivity index (χ0n) is 6.97. The smallest absolute Gasteiger partial charge is 0.124 e. The summed E-state index contributed by atoms with van der Waals surface area (Å²) in [6, 6.07) is 3.90. The monoisotopic (exact) mass is 188 g/mol. The summed E-state index contributed by atoms with van der Waals surface area (Å²) in [7, 11) is 0. The molecule has 0 radical (unpaired) electrons. The third kappa shape index (κ3) is 1.65. The Hall–Kier alpha value is -1.48. The Morgan fingerprint density at radius 1 is 1.31 bits per heavy atom. The molecule has 0 unspecified atom stereocenters. The van der Waals surface area contributed by atoms with Crippen LogP contribution in [0, 0.1) is 0 Å². The molecular weight excluding hydrogens is 180 g/mol. The highest BCUT2D eigenvalue weighted by atomic mass is 32.1. The first-order valence-corrected chi connectivity index (χ1v) is 4.76. The fraction of sp³-hybridized carbons (Fsp3) is 0. The Morgan fingerprint density at radius 3 is 2.69 bits per heavy atom.